The van der Waals surface area contributed by atoms with Crippen molar-refractivity contribution in [2.75, 3.05) is 0 Å². The molecule has 2 unspecified atom stereocenters. The molecule has 2 atom stereocenters. The van der Waals surface area contributed by atoms with Crippen LogP contribution in [-0.2, 0) is 10.8 Å². The number of nitrogens with one attached hydrogen (secondary N) is 1. The molecule has 2 spiro atoms. The van der Waals surface area contributed by atoms with E-state index in [0.29, 0.717) is 0 Å². The van der Waals surface area contributed by atoms with Crippen molar-refractivity contribution in [3.63, 3.8) is 0 Å². The maximum absolute atomic E-state index is 8.93. The highest BCUT2D eigenvalue weighted by molar-refractivity contribution is 14.1. The summed E-state index contributed by atoms with van der Waals surface area (Å²) in [6.07, 6.45) is 7.80. The van der Waals surface area contributed by atoms with Crippen molar-refractivity contribution >= 4 is 45.5 Å². The summed E-state index contributed by atoms with van der Waals surface area (Å²) in [4.78, 5) is 4.72. The average molecular weight is 635 g/mol. The molecule has 1 N–H and O–H groups in total. The van der Waals surface area contributed by atoms with Crippen molar-refractivity contribution in [2.45, 2.75) is 10.8 Å². The summed E-state index contributed by atoms with van der Waals surface area (Å²) >= 11 is 2.30. The highest BCUT2D eigenvalue weighted by Gasteiger charge is 2.63. The maximum atomic E-state index is 8.93. The molecule has 0 bridgehead atoms. The molecule has 4 aromatic carbocycles. The van der Waals surface area contributed by atoms with Gasteiger partial charge in [0.15, 0.2) is 0 Å². The average Bonchev–Trinajstić information content (AvgIpc) is 3.70. The molecule has 4 aliphatic carbocycles. The number of rotatable bonds is 2. The van der Waals surface area contributed by atoms with E-state index in [2.05, 4.69) is 142 Å². The Balaban J connectivity index is 1.55. The number of halogens is 1. The molecule has 3 heteroatoms. The Hall–Kier alpha value is -4.35. The number of hydrogen-bond donors (Lipinski definition) is 1. The Morgan fingerprint density at radius 2 is 1.05 bits per heavy atom. The molecule has 0 amide bonds. The second-order valence-electron chi connectivity index (χ2n) is 11.1. The number of allylic oxidation sites excluding steroid dienone is 5. The van der Waals surface area contributed by atoms with Crippen LogP contribution in [0.3, 0.4) is 0 Å². The second kappa shape index (κ2) is 8.11. The number of benzene rings is 4. The molecule has 0 saturated carbocycles. The summed E-state index contributed by atoms with van der Waals surface area (Å²) in [7, 11) is 0. The molecular formula is C38H23IN2. The third kappa shape index (κ3) is 2.48. The van der Waals surface area contributed by atoms with Crippen LogP contribution in [-0.4, -0.2) is 11.2 Å². The lowest BCUT2D eigenvalue weighted by Gasteiger charge is -2.34. The van der Waals surface area contributed by atoms with E-state index in [-0.39, 0.29) is 0 Å². The molecule has 9 rings (SSSR count). The first-order valence-corrected chi connectivity index (χ1v) is 15.1. The van der Waals surface area contributed by atoms with Crippen molar-refractivity contribution in [2.24, 2.45) is 0 Å². The van der Waals surface area contributed by atoms with Gasteiger partial charge in [-0.3, -0.25) is 4.98 Å². The zero-order valence-electron chi connectivity index (χ0n) is 22.0. The molecule has 192 valence electrons. The standard InChI is InChI=1S/C38H23IN2/c39-19-17-25-23-9-1-5-13-29(23)37(33(25)21-40)31-15-7-3-11-27(31)36-35(37)28-12-4-8-16-32(28)38(36)30-14-6-2-10-24(30)26-18-20-41-22-34(26)38/h1-22,40H/b19-17-,40-21?. The molecule has 2 nitrogen and oxygen atoms in total. The van der Waals surface area contributed by atoms with E-state index in [4.69, 9.17) is 10.4 Å². The molecular weight excluding hydrogens is 611 g/mol. The second-order valence-corrected chi connectivity index (χ2v) is 11.8. The largest absolute Gasteiger partial charge is 0.308 e. The van der Waals surface area contributed by atoms with Crippen molar-refractivity contribution in [3.8, 4) is 11.1 Å². The molecule has 1 aromatic heterocycles. The number of hydrogen-bond acceptors (Lipinski definition) is 2. The van der Waals surface area contributed by atoms with Crippen LogP contribution in [0.4, 0.5) is 0 Å². The summed E-state index contributed by atoms with van der Waals surface area (Å²) in [5.41, 5.74) is 16.4. The van der Waals surface area contributed by atoms with Crippen LogP contribution in [0, 0.1) is 5.41 Å². The van der Waals surface area contributed by atoms with Crippen molar-refractivity contribution in [1.29, 1.82) is 5.41 Å². The van der Waals surface area contributed by atoms with E-state index >= 15 is 0 Å². The first kappa shape index (κ1) is 23.4. The van der Waals surface area contributed by atoms with Crippen LogP contribution >= 0.6 is 22.6 Å². The molecule has 5 aromatic rings. The van der Waals surface area contributed by atoms with Gasteiger partial charge in [0.1, 0.15) is 0 Å². The van der Waals surface area contributed by atoms with Gasteiger partial charge in [-0.05, 0) is 94.2 Å². The zero-order valence-corrected chi connectivity index (χ0v) is 24.2. The van der Waals surface area contributed by atoms with Gasteiger partial charge >= 0.3 is 0 Å². The normalized spacial score (nSPS) is 22.3. The van der Waals surface area contributed by atoms with Crippen molar-refractivity contribution < 1.29 is 0 Å². The van der Waals surface area contributed by atoms with Gasteiger partial charge in [0.2, 0.25) is 0 Å². The molecule has 0 fully saturated rings. The van der Waals surface area contributed by atoms with Crippen molar-refractivity contribution in [1.82, 2.24) is 4.98 Å². The van der Waals surface area contributed by atoms with Crippen LogP contribution in [0.1, 0.15) is 44.5 Å². The first-order valence-electron chi connectivity index (χ1n) is 13.9. The fourth-order valence-corrected chi connectivity index (χ4v) is 8.94. The first-order chi connectivity index (χ1) is 20.3. The SMILES string of the molecule is N=CC1=C(/C=C\I)c2ccccc2C12C1=C(c3ccccc32)C2(c3ccccc31)c1ccccc1-c1ccncc12. The Morgan fingerprint density at radius 1 is 0.561 bits per heavy atom. The predicted octanol–water partition coefficient (Wildman–Crippen LogP) is 8.99. The molecule has 4 aliphatic rings. The zero-order chi connectivity index (χ0) is 27.3. The lowest BCUT2D eigenvalue weighted by molar-refractivity contribution is 0.825. The molecule has 0 saturated heterocycles. The van der Waals surface area contributed by atoms with Gasteiger partial charge < -0.3 is 5.41 Å². The van der Waals surface area contributed by atoms with Gasteiger partial charge in [-0.25, -0.2) is 0 Å². The van der Waals surface area contributed by atoms with Gasteiger partial charge in [0.25, 0.3) is 0 Å². The molecule has 0 aliphatic heterocycles. The van der Waals surface area contributed by atoms with Crippen LogP contribution in [0.2, 0.25) is 0 Å². The number of pyridine rings is 1. The third-order valence-electron chi connectivity index (χ3n) is 9.74. The predicted molar refractivity (Wildman–Crippen MR) is 175 cm³/mol. The van der Waals surface area contributed by atoms with Crippen LogP contribution in [0.5, 0.6) is 0 Å². The topological polar surface area (TPSA) is 36.7 Å². The summed E-state index contributed by atoms with van der Waals surface area (Å²) in [5, 5.41) is 8.93. The van der Waals surface area contributed by atoms with Crippen LogP contribution < -0.4 is 0 Å². The smallest absolute Gasteiger partial charge is 0.0743 e. The Kier molecular flexibility index (Phi) is 4.62. The summed E-state index contributed by atoms with van der Waals surface area (Å²) < 4.78 is 2.07. The van der Waals surface area contributed by atoms with E-state index in [9.17, 15) is 0 Å². The minimum Gasteiger partial charge on any atom is -0.308 e. The van der Waals surface area contributed by atoms with E-state index in [1.165, 1.54) is 66.8 Å². The fourth-order valence-electron chi connectivity index (χ4n) is 8.58. The minimum atomic E-state index is -0.588. The number of fused-ring (bicyclic) bond motifs is 15. The maximum Gasteiger partial charge on any atom is 0.0743 e. The van der Waals surface area contributed by atoms with Gasteiger partial charge in [-0.1, -0.05) is 120 Å². The van der Waals surface area contributed by atoms with Gasteiger partial charge in [-0.2, -0.15) is 0 Å². The van der Waals surface area contributed by atoms with Crippen molar-refractivity contribution in [3.05, 3.63) is 176 Å². The Labute approximate surface area is 252 Å². The number of aromatic nitrogens is 1. The fraction of sp³-hybridized carbons (Fsp3) is 0.0526. The summed E-state index contributed by atoms with van der Waals surface area (Å²) in [6.45, 7) is 0. The molecule has 0 radical (unpaired) electrons. The van der Waals surface area contributed by atoms with E-state index in [1.807, 2.05) is 6.20 Å². The lowest BCUT2D eigenvalue weighted by Crippen LogP contribution is -2.29. The van der Waals surface area contributed by atoms with E-state index in [1.54, 1.807) is 6.21 Å². The highest BCUT2D eigenvalue weighted by atomic mass is 127. The van der Waals surface area contributed by atoms with E-state index in [0.717, 1.165) is 11.1 Å². The molecule has 1 heterocycles. The third-order valence-corrected chi connectivity index (χ3v) is 10.1. The van der Waals surface area contributed by atoms with Gasteiger partial charge in [0, 0.05) is 18.6 Å². The Morgan fingerprint density at radius 3 is 1.68 bits per heavy atom. The van der Waals surface area contributed by atoms with Gasteiger partial charge in [-0.15, -0.1) is 0 Å². The highest BCUT2D eigenvalue weighted by Crippen LogP contribution is 2.73. The Bertz CT molecular complexity index is 2050. The molecule has 41 heavy (non-hydrogen) atoms. The summed E-state index contributed by atoms with van der Waals surface area (Å²) in [6, 6.07) is 37.8. The van der Waals surface area contributed by atoms with Gasteiger partial charge in [0.05, 0.1) is 10.8 Å². The monoisotopic (exact) mass is 634 g/mol. The van der Waals surface area contributed by atoms with Crippen LogP contribution in [0.25, 0.3) is 27.8 Å². The minimum absolute atomic E-state index is 0.490. The lowest BCUT2D eigenvalue weighted by atomic mass is 9.66. The van der Waals surface area contributed by atoms with Crippen LogP contribution in [0.15, 0.2) is 131 Å². The summed E-state index contributed by atoms with van der Waals surface area (Å²) in [5.74, 6) is 0. The number of nitrogens with zero attached hydrogens (tertiary/aromatic N) is 1. The van der Waals surface area contributed by atoms with E-state index < -0.39 is 10.8 Å². The quantitative estimate of drug-likeness (QED) is 0.153.